The van der Waals surface area contributed by atoms with Crippen LogP contribution in [0.5, 0.6) is 5.75 Å². The summed E-state index contributed by atoms with van der Waals surface area (Å²) in [5.74, 6) is 2.26. The van der Waals surface area contributed by atoms with E-state index in [1.807, 2.05) is 24.3 Å². The Balaban J connectivity index is 1.05. The average molecular weight is 447 g/mol. The Morgan fingerprint density at radius 3 is 2.67 bits per heavy atom. The quantitative estimate of drug-likeness (QED) is 0.370. The number of likely N-dealkylation sites (tertiary alicyclic amines) is 1. The average Bonchev–Trinajstić information content (AvgIpc) is 3.47. The zero-order valence-electron chi connectivity index (χ0n) is 19.0. The fourth-order valence-corrected chi connectivity index (χ4v) is 4.36. The lowest BCUT2D eigenvalue weighted by Gasteiger charge is -2.32. The van der Waals surface area contributed by atoms with E-state index in [1.54, 1.807) is 6.92 Å². The number of piperidine rings is 1. The Morgan fingerprint density at radius 1 is 1.03 bits per heavy atom. The number of ether oxygens (including phenoxy) is 1. The molecule has 2 aromatic carbocycles. The van der Waals surface area contributed by atoms with E-state index in [4.69, 9.17) is 13.6 Å². The van der Waals surface area contributed by atoms with Crippen LogP contribution in [0.4, 0.5) is 0 Å². The zero-order valence-corrected chi connectivity index (χ0v) is 19.0. The minimum Gasteiger partial charge on any atom is -0.493 e. The lowest BCUT2D eigenvalue weighted by Crippen LogP contribution is -2.42. The summed E-state index contributed by atoms with van der Waals surface area (Å²) in [5, 5.41) is 12.5. The maximum absolute atomic E-state index is 6.07. The molecule has 0 saturated carbocycles. The van der Waals surface area contributed by atoms with Gasteiger partial charge in [0.15, 0.2) is 5.76 Å². The van der Waals surface area contributed by atoms with Crippen molar-refractivity contribution in [2.75, 3.05) is 26.2 Å². The number of benzene rings is 2. The highest BCUT2D eigenvalue weighted by Crippen LogP contribution is 2.33. The van der Waals surface area contributed by atoms with Crippen LogP contribution in [0, 0.1) is 6.92 Å². The fraction of sp³-hybridized carbons (Fsp3) is 0.385. The number of hydrogen-bond acceptors (Lipinski definition) is 7. The summed E-state index contributed by atoms with van der Waals surface area (Å²) in [7, 11) is 0. The fourth-order valence-electron chi connectivity index (χ4n) is 4.36. The molecule has 4 aromatic rings. The van der Waals surface area contributed by atoms with Gasteiger partial charge in [0.1, 0.15) is 11.3 Å². The van der Waals surface area contributed by atoms with E-state index in [-0.39, 0.29) is 0 Å². The smallest absolute Gasteiger partial charge is 0.283 e. The molecule has 33 heavy (non-hydrogen) atoms. The molecule has 7 heteroatoms. The Kier molecular flexibility index (Phi) is 6.69. The molecule has 1 saturated heterocycles. The molecule has 0 amide bonds. The predicted molar refractivity (Wildman–Crippen MR) is 127 cm³/mol. The number of furan rings is 1. The van der Waals surface area contributed by atoms with Gasteiger partial charge in [0, 0.05) is 25.6 Å². The van der Waals surface area contributed by atoms with Crippen LogP contribution in [0.3, 0.4) is 0 Å². The van der Waals surface area contributed by atoms with Gasteiger partial charge in [-0.2, -0.15) is 0 Å². The van der Waals surface area contributed by atoms with E-state index in [0.717, 1.165) is 49.3 Å². The molecule has 3 heterocycles. The van der Waals surface area contributed by atoms with Gasteiger partial charge in [0.05, 0.1) is 12.0 Å². The van der Waals surface area contributed by atoms with Gasteiger partial charge in [-0.25, -0.2) is 0 Å². The summed E-state index contributed by atoms with van der Waals surface area (Å²) in [6.07, 6.45) is 3.34. The largest absolute Gasteiger partial charge is 0.493 e. The normalized spacial score (nSPS) is 15.3. The first-order valence-corrected chi connectivity index (χ1v) is 11.7. The number of nitrogens with zero attached hydrogens (tertiary/aromatic N) is 3. The van der Waals surface area contributed by atoms with Crippen LogP contribution in [0.2, 0.25) is 0 Å². The maximum atomic E-state index is 6.07. The van der Waals surface area contributed by atoms with E-state index in [0.29, 0.717) is 30.2 Å². The first-order valence-electron chi connectivity index (χ1n) is 11.7. The van der Waals surface area contributed by atoms with Crippen molar-refractivity contribution >= 4 is 11.0 Å². The molecule has 172 valence electrons. The van der Waals surface area contributed by atoms with Crippen molar-refractivity contribution < 1.29 is 13.6 Å². The van der Waals surface area contributed by atoms with Gasteiger partial charge < -0.3 is 18.9 Å². The van der Waals surface area contributed by atoms with Crippen molar-refractivity contribution in [1.82, 2.24) is 20.4 Å². The Morgan fingerprint density at radius 2 is 1.88 bits per heavy atom. The summed E-state index contributed by atoms with van der Waals surface area (Å²) in [4.78, 5) is 2.55. The molecule has 7 nitrogen and oxygen atoms in total. The SMILES string of the molecule is Cc1nnc(-c2cc3c(OCCCNC4CCN(Cc5ccccc5)CC4)cccc3o2)o1. The maximum Gasteiger partial charge on any atom is 0.283 e. The van der Waals surface area contributed by atoms with Crippen molar-refractivity contribution in [2.24, 2.45) is 0 Å². The van der Waals surface area contributed by atoms with Crippen LogP contribution < -0.4 is 10.1 Å². The molecule has 0 unspecified atom stereocenters. The van der Waals surface area contributed by atoms with Crippen molar-refractivity contribution in [2.45, 2.75) is 38.8 Å². The van der Waals surface area contributed by atoms with E-state index >= 15 is 0 Å². The highest BCUT2D eigenvalue weighted by atomic mass is 16.5. The second-order valence-electron chi connectivity index (χ2n) is 8.60. The van der Waals surface area contributed by atoms with Crippen molar-refractivity contribution in [1.29, 1.82) is 0 Å². The molecule has 1 aliphatic heterocycles. The number of aromatic nitrogens is 2. The Labute approximate surface area is 193 Å². The van der Waals surface area contributed by atoms with Crippen LogP contribution in [-0.4, -0.2) is 47.4 Å². The summed E-state index contributed by atoms with van der Waals surface area (Å²) < 4.78 is 17.4. The van der Waals surface area contributed by atoms with Gasteiger partial charge in [-0.1, -0.05) is 36.4 Å². The topological polar surface area (TPSA) is 76.6 Å². The van der Waals surface area contributed by atoms with Crippen molar-refractivity contribution in [3.63, 3.8) is 0 Å². The first-order chi connectivity index (χ1) is 16.2. The zero-order chi connectivity index (χ0) is 22.5. The molecule has 5 rings (SSSR count). The molecule has 1 N–H and O–H groups in total. The van der Waals surface area contributed by atoms with Crippen LogP contribution in [0.1, 0.15) is 30.7 Å². The van der Waals surface area contributed by atoms with Gasteiger partial charge >= 0.3 is 0 Å². The van der Waals surface area contributed by atoms with Gasteiger partial charge in [0.25, 0.3) is 5.89 Å². The molecule has 1 fully saturated rings. The van der Waals surface area contributed by atoms with Gasteiger partial charge in [-0.05, 0) is 56.6 Å². The number of rotatable bonds is 9. The standard InChI is InChI=1S/C26H30N4O3/c1-19-28-29-26(32-19)25-17-22-23(9-5-10-24(22)33-25)31-16-6-13-27-21-11-14-30(15-12-21)18-20-7-3-2-4-8-20/h2-5,7-10,17,21,27H,6,11-16,18H2,1H3. The lowest BCUT2D eigenvalue weighted by molar-refractivity contribution is 0.189. The minimum absolute atomic E-state index is 0.383. The second kappa shape index (κ2) is 10.2. The van der Waals surface area contributed by atoms with E-state index < -0.39 is 0 Å². The van der Waals surface area contributed by atoms with Crippen LogP contribution in [0.25, 0.3) is 22.6 Å². The monoisotopic (exact) mass is 446 g/mol. The number of aryl methyl sites for hydroxylation is 1. The molecule has 2 aromatic heterocycles. The van der Waals surface area contributed by atoms with Gasteiger partial charge in [0.2, 0.25) is 5.89 Å². The summed E-state index contributed by atoms with van der Waals surface area (Å²) in [5.41, 5.74) is 2.15. The molecule has 0 radical (unpaired) electrons. The van der Waals surface area contributed by atoms with Crippen molar-refractivity contribution in [3.05, 3.63) is 66.1 Å². The first kappa shape index (κ1) is 21.7. The Hall–Kier alpha value is -3.16. The molecule has 0 atom stereocenters. The van der Waals surface area contributed by atoms with Crippen LogP contribution in [0.15, 0.2) is 63.4 Å². The molecular formula is C26H30N4O3. The molecular weight excluding hydrogens is 416 g/mol. The molecule has 1 aliphatic rings. The minimum atomic E-state index is 0.383. The van der Waals surface area contributed by atoms with E-state index in [1.165, 1.54) is 18.4 Å². The highest BCUT2D eigenvalue weighted by Gasteiger charge is 2.19. The van der Waals surface area contributed by atoms with Gasteiger partial charge in [-0.15, -0.1) is 10.2 Å². The van der Waals surface area contributed by atoms with Gasteiger partial charge in [-0.3, -0.25) is 4.90 Å². The summed E-state index contributed by atoms with van der Waals surface area (Å²) in [6, 6.07) is 19.0. The third kappa shape index (κ3) is 5.43. The summed E-state index contributed by atoms with van der Waals surface area (Å²) >= 11 is 0. The molecule has 0 aliphatic carbocycles. The second-order valence-corrected chi connectivity index (χ2v) is 8.60. The summed E-state index contributed by atoms with van der Waals surface area (Å²) in [6.45, 7) is 6.71. The predicted octanol–water partition coefficient (Wildman–Crippen LogP) is 4.81. The van der Waals surface area contributed by atoms with Crippen LogP contribution >= 0.6 is 0 Å². The third-order valence-corrected chi connectivity index (χ3v) is 6.11. The van der Waals surface area contributed by atoms with Crippen molar-refractivity contribution in [3.8, 4) is 17.4 Å². The number of hydrogen-bond donors (Lipinski definition) is 1. The third-order valence-electron chi connectivity index (χ3n) is 6.11. The number of nitrogens with one attached hydrogen (secondary N) is 1. The van der Waals surface area contributed by atoms with E-state index in [2.05, 4.69) is 50.7 Å². The highest BCUT2D eigenvalue weighted by molar-refractivity contribution is 5.87. The molecule has 0 spiro atoms. The molecule has 0 bridgehead atoms. The number of fused-ring (bicyclic) bond motifs is 1. The lowest BCUT2D eigenvalue weighted by atomic mass is 10.0. The Bertz CT molecular complexity index is 1160. The van der Waals surface area contributed by atoms with E-state index in [9.17, 15) is 0 Å². The van der Waals surface area contributed by atoms with Crippen LogP contribution in [-0.2, 0) is 6.54 Å².